The number of nitrogens with one attached hydrogen (secondary N) is 1. The summed E-state index contributed by atoms with van der Waals surface area (Å²) in [4.78, 5) is 0. The molecule has 0 saturated carbocycles. The van der Waals surface area contributed by atoms with E-state index in [2.05, 4.69) is 5.32 Å². The van der Waals surface area contributed by atoms with Gasteiger partial charge in [-0.25, -0.2) is 0 Å². The maximum atomic E-state index is 9.16. The quantitative estimate of drug-likeness (QED) is 0.348. The molecule has 4 nitrogen and oxygen atoms in total. The van der Waals surface area contributed by atoms with Gasteiger partial charge in [-0.1, -0.05) is 0 Å². The van der Waals surface area contributed by atoms with Crippen LogP contribution < -0.4 is 5.32 Å². The average Bonchev–Trinajstić information content (AvgIpc) is 1.95. The van der Waals surface area contributed by atoms with Crippen molar-refractivity contribution in [3.63, 3.8) is 0 Å². The number of rotatable bonds is 1. The topological polar surface area (TPSA) is 72.7 Å². The molecule has 0 amide bonds. The second-order valence-corrected chi connectivity index (χ2v) is 2.59. The predicted octanol–water partition coefficient (Wildman–Crippen LogP) is -1.94. The maximum absolute atomic E-state index is 9.16. The second-order valence-electron chi connectivity index (χ2n) is 2.59. The Labute approximate surface area is 59.5 Å². The van der Waals surface area contributed by atoms with Gasteiger partial charge in [0.05, 0.1) is 24.9 Å². The number of aliphatic hydroxyl groups excluding tert-OH is 3. The molecule has 1 saturated heterocycles. The van der Waals surface area contributed by atoms with Crippen LogP contribution in [-0.4, -0.2) is 46.7 Å². The Morgan fingerprint density at radius 1 is 1.40 bits per heavy atom. The molecule has 1 aliphatic rings. The van der Waals surface area contributed by atoms with Crippen molar-refractivity contribution >= 4 is 0 Å². The summed E-state index contributed by atoms with van der Waals surface area (Å²) in [5, 5.41) is 29.8. The normalized spacial score (nSPS) is 41.7. The van der Waals surface area contributed by atoms with Crippen LogP contribution in [0.15, 0.2) is 0 Å². The van der Waals surface area contributed by atoms with E-state index in [9.17, 15) is 0 Å². The minimum absolute atomic E-state index is 0.127. The first-order valence-electron chi connectivity index (χ1n) is 3.46. The van der Waals surface area contributed by atoms with Gasteiger partial charge < -0.3 is 20.6 Å². The Kier molecular flexibility index (Phi) is 2.62. The van der Waals surface area contributed by atoms with Crippen molar-refractivity contribution in [3.8, 4) is 0 Å². The van der Waals surface area contributed by atoms with Crippen molar-refractivity contribution in [1.29, 1.82) is 0 Å². The van der Waals surface area contributed by atoms with Crippen LogP contribution in [0.3, 0.4) is 0 Å². The molecule has 0 aromatic rings. The van der Waals surface area contributed by atoms with Gasteiger partial charge in [-0.05, 0) is 13.0 Å². The van der Waals surface area contributed by atoms with Crippen LogP contribution in [0.4, 0.5) is 0 Å². The van der Waals surface area contributed by atoms with Crippen LogP contribution in [0.1, 0.15) is 6.42 Å². The third kappa shape index (κ3) is 1.46. The van der Waals surface area contributed by atoms with E-state index in [-0.39, 0.29) is 12.6 Å². The lowest BCUT2D eigenvalue weighted by atomic mass is 9.99. The molecule has 3 atom stereocenters. The molecule has 1 aliphatic heterocycles. The van der Waals surface area contributed by atoms with E-state index in [1.807, 2.05) is 0 Å². The zero-order chi connectivity index (χ0) is 7.56. The van der Waals surface area contributed by atoms with Gasteiger partial charge in [-0.3, -0.25) is 0 Å². The summed E-state index contributed by atoms with van der Waals surface area (Å²) in [6.45, 7) is 0.529. The summed E-state index contributed by atoms with van der Waals surface area (Å²) in [6, 6.07) is -0.358. The van der Waals surface area contributed by atoms with E-state index < -0.39 is 12.2 Å². The fraction of sp³-hybridized carbons (Fsp3) is 1.00. The first-order valence-corrected chi connectivity index (χ1v) is 3.46. The average molecular weight is 147 g/mol. The highest BCUT2D eigenvalue weighted by molar-refractivity contribution is 4.85. The first kappa shape index (κ1) is 7.94. The number of piperidine rings is 1. The lowest BCUT2D eigenvalue weighted by molar-refractivity contribution is -0.0382. The van der Waals surface area contributed by atoms with Gasteiger partial charge in [0, 0.05) is 0 Å². The van der Waals surface area contributed by atoms with E-state index in [0.717, 1.165) is 0 Å². The molecule has 60 valence electrons. The standard InChI is InChI=1S/C6H13NO3/c8-3-4-6(10)5(9)1-2-7-4/h4-10H,1-3H2/t4-,5?,6+/m0/s1. The smallest absolute Gasteiger partial charge is 0.0974 e. The molecule has 4 heteroatoms. The van der Waals surface area contributed by atoms with Gasteiger partial charge in [-0.2, -0.15) is 0 Å². The molecule has 0 aliphatic carbocycles. The molecule has 10 heavy (non-hydrogen) atoms. The van der Waals surface area contributed by atoms with Crippen LogP contribution in [0, 0.1) is 0 Å². The summed E-state index contributed by atoms with van der Waals surface area (Å²) in [7, 11) is 0. The lowest BCUT2D eigenvalue weighted by Crippen LogP contribution is -2.54. The number of hydrogen-bond donors (Lipinski definition) is 4. The Morgan fingerprint density at radius 3 is 2.60 bits per heavy atom. The highest BCUT2D eigenvalue weighted by atomic mass is 16.3. The molecular formula is C6H13NO3. The van der Waals surface area contributed by atoms with Crippen LogP contribution in [-0.2, 0) is 0 Å². The molecule has 0 bridgehead atoms. The minimum atomic E-state index is -0.821. The van der Waals surface area contributed by atoms with Gasteiger partial charge in [0.2, 0.25) is 0 Å². The highest BCUT2D eigenvalue weighted by Gasteiger charge is 2.28. The van der Waals surface area contributed by atoms with Crippen molar-refractivity contribution in [3.05, 3.63) is 0 Å². The van der Waals surface area contributed by atoms with Crippen LogP contribution in [0.5, 0.6) is 0 Å². The van der Waals surface area contributed by atoms with E-state index in [4.69, 9.17) is 15.3 Å². The molecule has 1 fully saturated rings. The molecule has 0 spiro atoms. The van der Waals surface area contributed by atoms with Gasteiger partial charge >= 0.3 is 0 Å². The predicted molar refractivity (Wildman–Crippen MR) is 35.5 cm³/mol. The van der Waals surface area contributed by atoms with E-state index in [1.54, 1.807) is 0 Å². The molecule has 0 aromatic heterocycles. The molecule has 0 aromatic carbocycles. The third-order valence-electron chi connectivity index (χ3n) is 1.85. The highest BCUT2D eigenvalue weighted by Crippen LogP contribution is 2.08. The third-order valence-corrected chi connectivity index (χ3v) is 1.85. The fourth-order valence-corrected chi connectivity index (χ4v) is 1.15. The van der Waals surface area contributed by atoms with Crippen LogP contribution in [0.25, 0.3) is 0 Å². The molecule has 0 radical (unpaired) electrons. The van der Waals surface area contributed by atoms with Crippen molar-refractivity contribution in [2.24, 2.45) is 0 Å². The SMILES string of the molecule is OC[C@@H]1NCCC(O)[C@@H]1O. The molecule has 1 rings (SSSR count). The number of hydrogen-bond acceptors (Lipinski definition) is 4. The summed E-state index contributed by atoms with van der Waals surface area (Å²) in [5.74, 6) is 0. The van der Waals surface area contributed by atoms with Gasteiger partial charge in [0.15, 0.2) is 0 Å². The summed E-state index contributed by atoms with van der Waals surface area (Å²) in [5.41, 5.74) is 0. The molecule has 4 N–H and O–H groups in total. The Bertz CT molecular complexity index is 109. The molecule has 1 unspecified atom stereocenters. The van der Waals surface area contributed by atoms with Crippen molar-refractivity contribution in [2.75, 3.05) is 13.2 Å². The number of aliphatic hydroxyl groups is 3. The molecular weight excluding hydrogens is 134 g/mol. The minimum Gasteiger partial charge on any atom is -0.395 e. The lowest BCUT2D eigenvalue weighted by Gasteiger charge is -2.31. The van der Waals surface area contributed by atoms with E-state index in [1.165, 1.54) is 0 Å². The fourth-order valence-electron chi connectivity index (χ4n) is 1.15. The zero-order valence-corrected chi connectivity index (χ0v) is 5.70. The van der Waals surface area contributed by atoms with Crippen molar-refractivity contribution in [1.82, 2.24) is 5.32 Å². The maximum Gasteiger partial charge on any atom is 0.0974 e. The van der Waals surface area contributed by atoms with Crippen LogP contribution in [0.2, 0.25) is 0 Å². The molecule has 1 heterocycles. The van der Waals surface area contributed by atoms with E-state index in [0.29, 0.717) is 13.0 Å². The van der Waals surface area contributed by atoms with Gasteiger partial charge in [-0.15, -0.1) is 0 Å². The van der Waals surface area contributed by atoms with E-state index >= 15 is 0 Å². The van der Waals surface area contributed by atoms with Crippen LogP contribution >= 0.6 is 0 Å². The second kappa shape index (κ2) is 3.30. The monoisotopic (exact) mass is 147 g/mol. The van der Waals surface area contributed by atoms with Crippen molar-refractivity contribution in [2.45, 2.75) is 24.7 Å². The Balaban J connectivity index is 2.42. The summed E-state index contributed by atoms with van der Waals surface area (Å²) < 4.78 is 0. The van der Waals surface area contributed by atoms with Crippen molar-refractivity contribution < 1.29 is 15.3 Å². The largest absolute Gasteiger partial charge is 0.395 e. The Hall–Kier alpha value is -0.160. The first-order chi connectivity index (χ1) is 4.75. The zero-order valence-electron chi connectivity index (χ0n) is 5.70. The Morgan fingerprint density at radius 2 is 2.10 bits per heavy atom. The van der Waals surface area contributed by atoms with Gasteiger partial charge in [0.1, 0.15) is 0 Å². The summed E-state index contributed by atoms with van der Waals surface area (Å²) in [6.07, 6.45) is -0.949. The van der Waals surface area contributed by atoms with Gasteiger partial charge in [0.25, 0.3) is 0 Å². The summed E-state index contributed by atoms with van der Waals surface area (Å²) >= 11 is 0.